The second kappa shape index (κ2) is 6.76. The highest BCUT2D eigenvalue weighted by Gasteiger charge is 2.30. The maximum Gasteiger partial charge on any atom is 0.314 e. The Bertz CT molecular complexity index is 950. The molecule has 144 valence electrons. The Hall–Kier alpha value is -2.75. The minimum absolute atomic E-state index is 0.228. The zero-order chi connectivity index (χ0) is 19.1. The number of aryl methyl sites for hydroxylation is 2. The van der Waals surface area contributed by atoms with E-state index in [4.69, 9.17) is 0 Å². The van der Waals surface area contributed by atoms with Crippen molar-refractivity contribution in [1.82, 2.24) is 24.7 Å². The van der Waals surface area contributed by atoms with E-state index in [9.17, 15) is 14.4 Å². The summed E-state index contributed by atoms with van der Waals surface area (Å²) < 4.78 is 1.64. The lowest BCUT2D eigenvalue weighted by Crippen LogP contribution is -2.48. The molecule has 2 atom stereocenters. The monoisotopic (exact) mass is 373 g/mol. The van der Waals surface area contributed by atoms with Crippen molar-refractivity contribution in [2.24, 2.45) is 7.05 Å². The second-order valence-electron chi connectivity index (χ2n) is 7.14. The smallest absolute Gasteiger partial charge is 0.302 e. The number of aromatic nitrogens is 4. The highest BCUT2D eigenvalue weighted by atomic mass is 16.2. The van der Waals surface area contributed by atoms with E-state index in [2.05, 4.69) is 15.6 Å². The molecule has 0 radical (unpaired) electrons. The van der Waals surface area contributed by atoms with Crippen molar-refractivity contribution in [1.29, 1.82) is 0 Å². The molecule has 0 amide bonds. The van der Waals surface area contributed by atoms with E-state index in [-0.39, 0.29) is 17.6 Å². The van der Waals surface area contributed by atoms with Crippen LogP contribution in [0.5, 0.6) is 0 Å². The number of aldehydes is 2. The molecule has 10 heteroatoms. The molecule has 0 spiro atoms. The van der Waals surface area contributed by atoms with Crippen molar-refractivity contribution < 1.29 is 9.59 Å². The minimum atomic E-state index is -0.375. The van der Waals surface area contributed by atoms with Crippen LogP contribution >= 0.6 is 0 Å². The summed E-state index contributed by atoms with van der Waals surface area (Å²) in [4.78, 5) is 37.0. The van der Waals surface area contributed by atoms with Crippen LogP contribution in [0.1, 0.15) is 31.4 Å². The van der Waals surface area contributed by atoms with Crippen LogP contribution in [0.3, 0.4) is 0 Å². The number of rotatable bonds is 5. The molecule has 4 heterocycles. The number of hydrogen-bond donors (Lipinski definition) is 1. The van der Waals surface area contributed by atoms with Gasteiger partial charge in [0.2, 0.25) is 0 Å². The molecule has 2 saturated heterocycles. The number of hydrogen-bond acceptors (Lipinski definition) is 8. The van der Waals surface area contributed by atoms with Crippen LogP contribution in [0.15, 0.2) is 4.79 Å². The largest absolute Gasteiger partial charge is 0.314 e. The first-order chi connectivity index (χ1) is 13.0. The molecule has 0 aliphatic carbocycles. The summed E-state index contributed by atoms with van der Waals surface area (Å²) in [5, 5.41) is 13.1. The Labute approximate surface area is 155 Å². The normalized spacial score (nSPS) is 23.3. The Morgan fingerprint density at radius 3 is 2.52 bits per heavy atom. The SMILES string of the molecule is Cc1c2c(NN3CCC[C@H]3C=O)nn(N3CCC[C@H]3C=O)c(=O)c2nn1C. The molecule has 2 aromatic rings. The molecular weight excluding hydrogens is 350 g/mol. The summed E-state index contributed by atoms with van der Waals surface area (Å²) in [5.74, 6) is 0.473. The summed E-state index contributed by atoms with van der Waals surface area (Å²) in [5.41, 5.74) is 3.98. The number of carbonyl (C=O) groups excluding carboxylic acids is 2. The second-order valence-corrected chi connectivity index (χ2v) is 7.14. The maximum absolute atomic E-state index is 13.0. The van der Waals surface area contributed by atoms with Crippen LogP contribution in [-0.2, 0) is 16.6 Å². The van der Waals surface area contributed by atoms with E-state index in [0.29, 0.717) is 36.2 Å². The van der Waals surface area contributed by atoms with Gasteiger partial charge in [0.05, 0.1) is 11.4 Å². The van der Waals surface area contributed by atoms with Gasteiger partial charge in [0.15, 0.2) is 11.3 Å². The van der Waals surface area contributed by atoms with Crippen LogP contribution < -0.4 is 16.0 Å². The molecule has 1 N–H and O–H groups in total. The Balaban J connectivity index is 1.86. The zero-order valence-electron chi connectivity index (χ0n) is 15.5. The van der Waals surface area contributed by atoms with Crippen molar-refractivity contribution in [3.05, 3.63) is 16.0 Å². The average molecular weight is 373 g/mol. The molecule has 2 aromatic heterocycles. The van der Waals surface area contributed by atoms with Crippen LogP contribution in [-0.4, -0.2) is 62.4 Å². The number of nitrogens with zero attached hydrogens (tertiary/aromatic N) is 6. The zero-order valence-corrected chi connectivity index (χ0v) is 15.5. The van der Waals surface area contributed by atoms with Gasteiger partial charge < -0.3 is 15.0 Å². The molecule has 2 aliphatic heterocycles. The first-order valence-electron chi connectivity index (χ1n) is 9.22. The summed E-state index contributed by atoms with van der Waals surface area (Å²) in [6, 6.07) is -0.603. The Morgan fingerprint density at radius 2 is 1.78 bits per heavy atom. The third-order valence-corrected chi connectivity index (χ3v) is 5.53. The topological polar surface area (TPSA) is 105 Å². The van der Waals surface area contributed by atoms with Gasteiger partial charge in [0.1, 0.15) is 18.6 Å². The van der Waals surface area contributed by atoms with Gasteiger partial charge in [0, 0.05) is 25.8 Å². The van der Waals surface area contributed by atoms with E-state index in [1.807, 2.05) is 11.9 Å². The molecule has 0 bridgehead atoms. The molecule has 0 saturated carbocycles. The van der Waals surface area contributed by atoms with Gasteiger partial charge in [0.25, 0.3) is 0 Å². The highest BCUT2D eigenvalue weighted by Crippen LogP contribution is 2.25. The fraction of sp³-hybridized carbons (Fsp3) is 0.588. The van der Waals surface area contributed by atoms with E-state index in [0.717, 1.165) is 37.5 Å². The maximum atomic E-state index is 13.0. The predicted octanol–water partition coefficient (Wildman–Crippen LogP) is -0.272. The van der Waals surface area contributed by atoms with E-state index >= 15 is 0 Å². The standard InChI is InChI=1S/C17H23N7O3/c1-11-14-15(18-21(11)2)17(27)24(23-8-4-6-13(23)10-26)20-16(14)19-22-7-3-5-12(22)9-25/h9-10,12-13H,3-8H2,1-2H3,(H,19,20)/t12-,13-/m0/s1. The van der Waals surface area contributed by atoms with Crippen molar-refractivity contribution in [2.75, 3.05) is 23.5 Å². The highest BCUT2D eigenvalue weighted by molar-refractivity contribution is 5.90. The number of fused-ring (bicyclic) bond motifs is 1. The molecule has 2 aliphatic rings. The van der Waals surface area contributed by atoms with Crippen LogP contribution in [0.2, 0.25) is 0 Å². The van der Waals surface area contributed by atoms with Gasteiger partial charge >= 0.3 is 5.56 Å². The fourth-order valence-corrected chi connectivity index (χ4v) is 3.94. The minimum Gasteiger partial charge on any atom is -0.302 e. The summed E-state index contributed by atoms with van der Waals surface area (Å²) in [7, 11) is 1.77. The van der Waals surface area contributed by atoms with Gasteiger partial charge in [-0.2, -0.15) is 5.10 Å². The molecule has 0 unspecified atom stereocenters. The number of nitrogens with one attached hydrogen (secondary N) is 1. The lowest BCUT2D eigenvalue weighted by Gasteiger charge is -2.26. The Morgan fingerprint density at radius 1 is 1.07 bits per heavy atom. The Kier molecular flexibility index (Phi) is 4.42. The van der Waals surface area contributed by atoms with Crippen LogP contribution in [0.4, 0.5) is 5.82 Å². The van der Waals surface area contributed by atoms with Gasteiger partial charge in [-0.3, -0.25) is 14.5 Å². The van der Waals surface area contributed by atoms with E-state index < -0.39 is 0 Å². The molecular formula is C17H23N7O3. The van der Waals surface area contributed by atoms with Crippen molar-refractivity contribution >= 4 is 29.3 Å². The van der Waals surface area contributed by atoms with Crippen molar-refractivity contribution in [3.8, 4) is 0 Å². The third-order valence-electron chi connectivity index (χ3n) is 5.53. The van der Waals surface area contributed by atoms with Crippen molar-refractivity contribution in [2.45, 2.75) is 44.7 Å². The summed E-state index contributed by atoms with van der Waals surface area (Å²) >= 11 is 0. The van der Waals surface area contributed by atoms with Gasteiger partial charge in [-0.05, 0) is 32.6 Å². The summed E-state index contributed by atoms with van der Waals surface area (Å²) in [6.07, 6.45) is 4.98. The molecule has 10 nitrogen and oxygen atoms in total. The molecule has 4 rings (SSSR count). The lowest BCUT2D eigenvalue weighted by atomic mass is 10.2. The van der Waals surface area contributed by atoms with E-state index in [1.54, 1.807) is 16.7 Å². The molecule has 27 heavy (non-hydrogen) atoms. The lowest BCUT2D eigenvalue weighted by molar-refractivity contribution is -0.111. The van der Waals surface area contributed by atoms with E-state index in [1.165, 1.54) is 4.79 Å². The predicted molar refractivity (Wildman–Crippen MR) is 99.1 cm³/mol. The van der Waals surface area contributed by atoms with Gasteiger partial charge in [-0.1, -0.05) is 0 Å². The van der Waals surface area contributed by atoms with Gasteiger partial charge in [-0.25, -0.2) is 5.01 Å². The molecule has 0 aromatic carbocycles. The number of hydrazine groups is 1. The fourth-order valence-electron chi connectivity index (χ4n) is 3.94. The van der Waals surface area contributed by atoms with Gasteiger partial charge in [-0.15, -0.1) is 9.89 Å². The van der Waals surface area contributed by atoms with Crippen LogP contribution in [0, 0.1) is 6.92 Å². The first-order valence-corrected chi connectivity index (χ1v) is 9.22. The molecule has 2 fully saturated rings. The van der Waals surface area contributed by atoms with Crippen LogP contribution in [0.25, 0.3) is 10.9 Å². The van der Waals surface area contributed by atoms with Crippen molar-refractivity contribution in [3.63, 3.8) is 0 Å². The average Bonchev–Trinajstić information content (AvgIpc) is 3.37. The number of anilines is 1. The quantitative estimate of drug-likeness (QED) is 0.714. The first kappa shape index (κ1) is 17.7. The third kappa shape index (κ3) is 2.80. The number of carbonyl (C=O) groups is 2. The summed E-state index contributed by atoms with van der Waals surface area (Å²) in [6.45, 7) is 3.16.